The third-order valence-corrected chi connectivity index (χ3v) is 4.36. The van der Waals surface area contributed by atoms with E-state index < -0.39 is 0 Å². The maximum absolute atomic E-state index is 8.76. The number of anilines is 1. The van der Waals surface area contributed by atoms with Gasteiger partial charge in [0, 0.05) is 25.2 Å². The Morgan fingerprint density at radius 1 is 1.26 bits per heavy atom. The van der Waals surface area contributed by atoms with Gasteiger partial charge in [0.15, 0.2) is 5.69 Å². The summed E-state index contributed by atoms with van der Waals surface area (Å²) >= 11 is 0. The van der Waals surface area contributed by atoms with Crippen molar-refractivity contribution in [1.82, 2.24) is 14.9 Å². The SMILES string of the molecule is CC1CC(Nc2cnc(C#N)cn2)CCN1Cc1ccccc1. The van der Waals surface area contributed by atoms with Gasteiger partial charge in [-0.3, -0.25) is 4.90 Å². The molecule has 23 heavy (non-hydrogen) atoms. The summed E-state index contributed by atoms with van der Waals surface area (Å²) in [4.78, 5) is 10.8. The summed E-state index contributed by atoms with van der Waals surface area (Å²) < 4.78 is 0. The van der Waals surface area contributed by atoms with Gasteiger partial charge in [-0.1, -0.05) is 30.3 Å². The first-order chi connectivity index (χ1) is 11.2. The van der Waals surface area contributed by atoms with Crippen molar-refractivity contribution in [2.24, 2.45) is 0 Å². The van der Waals surface area contributed by atoms with Gasteiger partial charge in [-0.05, 0) is 25.3 Å². The zero-order chi connectivity index (χ0) is 16.1. The molecule has 2 unspecified atom stereocenters. The molecule has 3 rings (SSSR count). The van der Waals surface area contributed by atoms with E-state index in [2.05, 4.69) is 57.4 Å². The van der Waals surface area contributed by atoms with Crippen LogP contribution in [-0.4, -0.2) is 33.5 Å². The number of benzene rings is 1. The van der Waals surface area contributed by atoms with E-state index in [9.17, 15) is 0 Å². The number of nitrogens with one attached hydrogen (secondary N) is 1. The van der Waals surface area contributed by atoms with Crippen LogP contribution >= 0.6 is 0 Å². The predicted octanol–water partition coefficient (Wildman–Crippen LogP) is 2.81. The molecule has 1 aliphatic heterocycles. The number of likely N-dealkylation sites (tertiary alicyclic amines) is 1. The molecule has 118 valence electrons. The molecular formula is C18H21N5. The lowest BCUT2D eigenvalue weighted by atomic mass is 9.97. The van der Waals surface area contributed by atoms with Gasteiger partial charge in [0.05, 0.1) is 12.4 Å². The van der Waals surface area contributed by atoms with Gasteiger partial charge < -0.3 is 5.32 Å². The van der Waals surface area contributed by atoms with Gasteiger partial charge in [-0.15, -0.1) is 0 Å². The average Bonchev–Trinajstić information content (AvgIpc) is 2.59. The average molecular weight is 307 g/mol. The Kier molecular flexibility index (Phi) is 4.84. The summed E-state index contributed by atoms with van der Waals surface area (Å²) in [6.07, 6.45) is 5.31. The number of aromatic nitrogens is 2. The van der Waals surface area contributed by atoms with Crippen LogP contribution in [0.25, 0.3) is 0 Å². The van der Waals surface area contributed by atoms with Gasteiger partial charge in [-0.25, -0.2) is 9.97 Å². The molecule has 0 spiro atoms. The molecule has 5 heteroatoms. The van der Waals surface area contributed by atoms with Crippen LogP contribution in [-0.2, 0) is 6.54 Å². The molecule has 1 aliphatic rings. The highest BCUT2D eigenvalue weighted by atomic mass is 15.2. The number of nitriles is 1. The van der Waals surface area contributed by atoms with E-state index in [-0.39, 0.29) is 0 Å². The largest absolute Gasteiger partial charge is 0.366 e. The van der Waals surface area contributed by atoms with Crippen LogP contribution in [0.5, 0.6) is 0 Å². The molecule has 0 aliphatic carbocycles. The van der Waals surface area contributed by atoms with Gasteiger partial charge >= 0.3 is 0 Å². The minimum Gasteiger partial charge on any atom is -0.366 e. The maximum atomic E-state index is 8.76. The van der Waals surface area contributed by atoms with E-state index in [4.69, 9.17) is 5.26 Å². The molecule has 1 saturated heterocycles. The highest BCUT2D eigenvalue weighted by Gasteiger charge is 2.25. The number of piperidine rings is 1. The fourth-order valence-corrected chi connectivity index (χ4v) is 3.07. The Bertz CT molecular complexity index is 662. The van der Waals surface area contributed by atoms with Crippen LogP contribution in [0.1, 0.15) is 31.0 Å². The summed E-state index contributed by atoms with van der Waals surface area (Å²) in [5.74, 6) is 0.748. The molecule has 0 saturated carbocycles. The second-order valence-electron chi connectivity index (χ2n) is 6.07. The second-order valence-corrected chi connectivity index (χ2v) is 6.07. The van der Waals surface area contributed by atoms with Crippen LogP contribution in [0.3, 0.4) is 0 Å². The molecule has 0 amide bonds. The van der Waals surface area contributed by atoms with Crippen molar-refractivity contribution < 1.29 is 0 Å². The van der Waals surface area contributed by atoms with E-state index in [1.54, 1.807) is 6.20 Å². The van der Waals surface area contributed by atoms with Crippen molar-refractivity contribution in [3.05, 3.63) is 54.0 Å². The molecule has 0 bridgehead atoms. The first kappa shape index (κ1) is 15.4. The lowest BCUT2D eigenvalue weighted by molar-refractivity contribution is 0.144. The van der Waals surface area contributed by atoms with Crippen molar-refractivity contribution in [2.75, 3.05) is 11.9 Å². The highest BCUT2D eigenvalue weighted by Crippen LogP contribution is 2.22. The van der Waals surface area contributed by atoms with Gasteiger partial charge in [0.1, 0.15) is 11.9 Å². The topological polar surface area (TPSA) is 64.8 Å². The number of hydrogen-bond acceptors (Lipinski definition) is 5. The van der Waals surface area contributed by atoms with E-state index in [1.807, 2.05) is 6.07 Å². The molecule has 1 aromatic carbocycles. The molecule has 0 radical (unpaired) electrons. The molecule has 1 fully saturated rings. The summed E-state index contributed by atoms with van der Waals surface area (Å²) in [6, 6.07) is 13.5. The minimum absolute atomic E-state index is 0.349. The molecule has 1 aromatic heterocycles. The highest BCUT2D eigenvalue weighted by molar-refractivity contribution is 5.34. The Balaban J connectivity index is 1.54. The van der Waals surface area contributed by atoms with E-state index in [1.165, 1.54) is 11.8 Å². The third-order valence-electron chi connectivity index (χ3n) is 4.36. The monoisotopic (exact) mass is 307 g/mol. The van der Waals surface area contributed by atoms with E-state index in [0.717, 1.165) is 31.7 Å². The number of rotatable bonds is 4. The molecule has 1 N–H and O–H groups in total. The van der Waals surface area contributed by atoms with Crippen molar-refractivity contribution in [2.45, 2.75) is 38.4 Å². The van der Waals surface area contributed by atoms with Gasteiger partial charge in [0.2, 0.25) is 0 Å². The van der Waals surface area contributed by atoms with Gasteiger partial charge in [-0.2, -0.15) is 5.26 Å². The zero-order valence-electron chi connectivity index (χ0n) is 13.3. The van der Waals surface area contributed by atoms with Gasteiger partial charge in [0.25, 0.3) is 0 Å². The standard InChI is InChI=1S/C18H21N5/c1-14-9-16(22-18-12-20-17(10-19)11-21-18)7-8-23(14)13-15-5-3-2-4-6-15/h2-6,11-12,14,16H,7-9,13H2,1H3,(H,21,22). The van der Waals surface area contributed by atoms with Crippen molar-refractivity contribution in [1.29, 1.82) is 5.26 Å². The molecule has 2 aromatic rings. The Labute approximate surface area is 137 Å². The van der Waals surface area contributed by atoms with E-state index >= 15 is 0 Å². The molecule has 2 heterocycles. The summed E-state index contributed by atoms with van der Waals surface area (Å²) in [7, 11) is 0. The smallest absolute Gasteiger partial charge is 0.158 e. The summed E-state index contributed by atoms with van der Waals surface area (Å²) in [5.41, 5.74) is 1.71. The molecule has 2 atom stereocenters. The van der Waals surface area contributed by atoms with E-state index in [0.29, 0.717) is 17.8 Å². The maximum Gasteiger partial charge on any atom is 0.158 e. The van der Waals surface area contributed by atoms with Crippen molar-refractivity contribution in [3.8, 4) is 6.07 Å². The van der Waals surface area contributed by atoms with Crippen LogP contribution in [0.4, 0.5) is 5.82 Å². The first-order valence-corrected chi connectivity index (χ1v) is 8.01. The number of nitrogens with zero attached hydrogens (tertiary/aromatic N) is 4. The van der Waals surface area contributed by atoms with Crippen LogP contribution in [0, 0.1) is 11.3 Å². The predicted molar refractivity (Wildman–Crippen MR) is 89.7 cm³/mol. The Morgan fingerprint density at radius 3 is 2.74 bits per heavy atom. The first-order valence-electron chi connectivity index (χ1n) is 8.01. The quantitative estimate of drug-likeness (QED) is 0.941. The summed E-state index contributed by atoms with van der Waals surface area (Å²) in [5, 5.41) is 12.2. The normalized spacial score (nSPS) is 21.6. The summed E-state index contributed by atoms with van der Waals surface area (Å²) in [6.45, 7) is 4.35. The fourth-order valence-electron chi connectivity index (χ4n) is 3.07. The number of hydrogen-bond donors (Lipinski definition) is 1. The lowest BCUT2D eigenvalue weighted by Crippen LogP contribution is -2.44. The molecule has 5 nitrogen and oxygen atoms in total. The second kappa shape index (κ2) is 7.21. The minimum atomic E-state index is 0.349. The fraction of sp³-hybridized carbons (Fsp3) is 0.389. The third kappa shape index (κ3) is 4.05. The Hall–Kier alpha value is -2.45. The zero-order valence-corrected chi connectivity index (χ0v) is 13.3. The molecular weight excluding hydrogens is 286 g/mol. The van der Waals surface area contributed by atoms with Crippen molar-refractivity contribution >= 4 is 5.82 Å². The van der Waals surface area contributed by atoms with Crippen LogP contribution in [0.2, 0.25) is 0 Å². The van der Waals surface area contributed by atoms with Crippen LogP contribution < -0.4 is 5.32 Å². The van der Waals surface area contributed by atoms with Crippen molar-refractivity contribution in [3.63, 3.8) is 0 Å². The van der Waals surface area contributed by atoms with Crippen LogP contribution in [0.15, 0.2) is 42.7 Å². The lowest BCUT2D eigenvalue weighted by Gasteiger charge is -2.38. The Morgan fingerprint density at radius 2 is 2.09 bits per heavy atom.